The molecule has 3 aromatic carbocycles. The fraction of sp³-hybridized carbons (Fsp3) is 0.343. The molecule has 4 aromatic rings. The van der Waals surface area contributed by atoms with E-state index in [-0.39, 0.29) is 16.2 Å². The molecule has 6 rings (SSSR count). The zero-order chi connectivity index (χ0) is 31.1. The Hall–Kier alpha value is -3.92. The van der Waals surface area contributed by atoms with Gasteiger partial charge in [0.15, 0.2) is 0 Å². The van der Waals surface area contributed by atoms with Gasteiger partial charge in [0.05, 0.1) is 30.3 Å². The van der Waals surface area contributed by atoms with E-state index in [0.29, 0.717) is 57.1 Å². The van der Waals surface area contributed by atoms with E-state index in [4.69, 9.17) is 9.47 Å². The van der Waals surface area contributed by atoms with Gasteiger partial charge in [-0.05, 0) is 60.4 Å². The predicted molar refractivity (Wildman–Crippen MR) is 174 cm³/mol. The molecule has 1 aromatic heterocycles. The maximum absolute atomic E-state index is 13.7. The van der Waals surface area contributed by atoms with E-state index in [9.17, 15) is 13.2 Å². The SMILES string of the molecule is CCN1C(=O)C(=Cc2cn(CCOc3ccc(C(C)(C)C)cc3)c3ccccc23)c2cc(S(=O)(=O)N3CCOCC3)ccc21. The maximum Gasteiger partial charge on any atom is 0.258 e. The molecular weight excluding hydrogens is 574 g/mol. The molecule has 0 radical (unpaired) electrons. The van der Waals surface area contributed by atoms with Crippen LogP contribution < -0.4 is 9.64 Å². The minimum atomic E-state index is -3.72. The standard InChI is InChI=1S/C35H39N3O5S/c1-5-38-33-15-14-28(44(40,41)37-17-19-42-20-18-37)23-30(33)31(34(38)39)22-25-24-36(32-9-7-6-8-29(25)32)16-21-43-27-12-10-26(11-13-27)35(2,3)4/h6-15,22-24H,5,16-21H2,1-4H3. The topological polar surface area (TPSA) is 81.1 Å². The van der Waals surface area contributed by atoms with Crippen molar-refractivity contribution in [1.82, 2.24) is 8.87 Å². The van der Waals surface area contributed by atoms with E-state index in [0.717, 1.165) is 27.9 Å². The Morgan fingerprint density at radius 1 is 0.977 bits per heavy atom. The minimum Gasteiger partial charge on any atom is -0.492 e. The molecule has 1 amide bonds. The van der Waals surface area contributed by atoms with Crippen LogP contribution in [0.3, 0.4) is 0 Å². The molecule has 0 bridgehead atoms. The second kappa shape index (κ2) is 11.9. The lowest BCUT2D eigenvalue weighted by Crippen LogP contribution is -2.40. The van der Waals surface area contributed by atoms with Gasteiger partial charge in [-0.15, -0.1) is 0 Å². The van der Waals surface area contributed by atoms with Gasteiger partial charge in [-0.2, -0.15) is 4.31 Å². The van der Waals surface area contributed by atoms with Crippen molar-refractivity contribution in [2.45, 2.75) is 44.6 Å². The molecular formula is C35H39N3O5S. The van der Waals surface area contributed by atoms with Gasteiger partial charge in [-0.1, -0.05) is 51.1 Å². The van der Waals surface area contributed by atoms with Crippen molar-refractivity contribution in [3.05, 3.63) is 89.6 Å². The molecule has 44 heavy (non-hydrogen) atoms. The van der Waals surface area contributed by atoms with Gasteiger partial charge in [-0.3, -0.25) is 4.79 Å². The van der Waals surface area contributed by atoms with E-state index in [1.54, 1.807) is 23.1 Å². The predicted octanol–water partition coefficient (Wildman–Crippen LogP) is 5.95. The minimum absolute atomic E-state index is 0.0848. The molecule has 0 unspecified atom stereocenters. The summed E-state index contributed by atoms with van der Waals surface area (Å²) in [7, 11) is -3.72. The molecule has 9 heteroatoms. The summed E-state index contributed by atoms with van der Waals surface area (Å²) in [5.41, 5.74) is 5.11. The molecule has 1 saturated heterocycles. The van der Waals surface area contributed by atoms with Gasteiger partial charge in [0, 0.05) is 53.4 Å². The molecule has 0 saturated carbocycles. The largest absolute Gasteiger partial charge is 0.492 e. The highest BCUT2D eigenvalue weighted by Crippen LogP contribution is 2.40. The zero-order valence-electron chi connectivity index (χ0n) is 25.7. The van der Waals surface area contributed by atoms with Crippen molar-refractivity contribution < 1.29 is 22.7 Å². The van der Waals surface area contributed by atoms with Crippen molar-refractivity contribution in [1.29, 1.82) is 0 Å². The molecule has 0 N–H and O–H groups in total. The fourth-order valence-electron chi connectivity index (χ4n) is 5.93. The number of hydrogen-bond donors (Lipinski definition) is 0. The monoisotopic (exact) mass is 613 g/mol. The number of hydrogen-bond acceptors (Lipinski definition) is 5. The molecule has 3 heterocycles. The Morgan fingerprint density at radius 2 is 1.70 bits per heavy atom. The number of para-hydroxylation sites is 1. The Labute approximate surface area is 259 Å². The van der Waals surface area contributed by atoms with Gasteiger partial charge in [0.1, 0.15) is 12.4 Å². The van der Waals surface area contributed by atoms with Crippen LogP contribution in [0.4, 0.5) is 5.69 Å². The van der Waals surface area contributed by atoms with Crippen LogP contribution in [0.5, 0.6) is 5.75 Å². The summed E-state index contributed by atoms with van der Waals surface area (Å²) in [4.78, 5) is 15.6. The number of aromatic nitrogens is 1. The van der Waals surface area contributed by atoms with Gasteiger partial charge in [0.25, 0.3) is 5.91 Å². The summed E-state index contributed by atoms with van der Waals surface area (Å²) >= 11 is 0. The van der Waals surface area contributed by atoms with Crippen LogP contribution in [-0.4, -0.2) is 62.7 Å². The third-order valence-corrected chi connectivity index (χ3v) is 10.3. The number of ether oxygens (including phenoxy) is 2. The van der Waals surface area contributed by atoms with Crippen LogP contribution in [0.15, 0.2) is 77.8 Å². The van der Waals surface area contributed by atoms with Crippen LogP contribution in [0.1, 0.15) is 44.4 Å². The Morgan fingerprint density at radius 3 is 2.41 bits per heavy atom. The second-order valence-corrected chi connectivity index (χ2v) is 14.2. The van der Waals surface area contributed by atoms with Crippen molar-refractivity contribution in [3.8, 4) is 5.75 Å². The van der Waals surface area contributed by atoms with Crippen molar-refractivity contribution in [3.63, 3.8) is 0 Å². The Balaban J connectivity index is 1.31. The summed E-state index contributed by atoms with van der Waals surface area (Å²) in [5, 5.41) is 1.01. The quantitative estimate of drug-likeness (QED) is 0.230. The van der Waals surface area contributed by atoms with Gasteiger partial charge in [0.2, 0.25) is 10.0 Å². The zero-order valence-corrected chi connectivity index (χ0v) is 26.6. The van der Waals surface area contributed by atoms with E-state index < -0.39 is 10.0 Å². The number of carbonyl (C=O) groups is 1. The fourth-order valence-corrected chi connectivity index (χ4v) is 7.36. The number of fused-ring (bicyclic) bond motifs is 2. The van der Waals surface area contributed by atoms with Gasteiger partial charge >= 0.3 is 0 Å². The van der Waals surface area contributed by atoms with Gasteiger partial charge in [-0.25, -0.2) is 8.42 Å². The van der Waals surface area contributed by atoms with E-state index in [1.165, 1.54) is 9.87 Å². The molecule has 0 atom stereocenters. The average Bonchev–Trinajstić information content (AvgIpc) is 3.50. The highest BCUT2D eigenvalue weighted by atomic mass is 32.2. The molecule has 2 aliphatic rings. The van der Waals surface area contributed by atoms with E-state index in [2.05, 4.69) is 43.5 Å². The molecule has 2 aliphatic heterocycles. The summed E-state index contributed by atoms with van der Waals surface area (Å²) < 4.78 is 42.0. The lowest BCUT2D eigenvalue weighted by molar-refractivity contribution is -0.112. The lowest BCUT2D eigenvalue weighted by atomic mass is 9.87. The average molecular weight is 614 g/mol. The number of carbonyl (C=O) groups excluding carboxylic acids is 1. The number of benzene rings is 3. The first-order valence-corrected chi connectivity index (χ1v) is 16.6. The van der Waals surface area contributed by atoms with Crippen LogP contribution in [0.25, 0.3) is 22.6 Å². The lowest BCUT2D eigenvalue weighted by Gasteiger charge is -2.26. The number of likely N-dealkylation sites (N-methyl/N-ethyl adjacent to an activating group) is 1. The number of sulfonamides is 1. The van der Waals surface area contributed by atoms with Crippen LogP contribution in [-0.2, 0) is 31.5 Å². The van der Waals surface area contributed by atoms with Crippen molar-refractivity contribution >= 4 is 44.2 Å². The number of nitrogens with zero attached hydrogens (tertiary/aromatic N) is 3. The number of amides is 1. The number of rotatable bonds is 8. The summed E-state index contributed by atoms with van der Waals surface area (Å²) in [6.07, 6.45) is 3.94. The molecule has 8 nitrogen and oxygen atoms in total. The van der Waals surface area contributed by atoms with E-state index in [1.807, 2.05) is 49.5 Å². The van der Waals surface area contributed by atoms with E-state index >= 15 is 0 Å². The summed E-state index contributed by atoms with van der Waals surface area (Å²) in [6.45, 7) is 11.5. The first-order valence-electron chi connectivity index (χ1n) is 15.1. The molecule has 230 valence electrons. The van der Waals surface area contributed by atoms with Crippen LogP contribution in [0, 0.1) is 0 Å². The highest BCUT2D eigenvalue weighted by Gasteiger charge is 2.34. The second-order valence-electron chi connectivity index (χ2n) is 12.2. The highest BCUT2D eigenvalue weighted by molar-refractivity contribution is 7.89. The Bertz CT molecular complexity index is 1830. The smallest absolute Gasteiger partial charge is 0.258 e. The number of anilines is 1. The normalized spacial score (nSPS) is 17.0. The number of morpholine rings is 1. The first kappa shape index (κ1) is 30.1. The Kier molecular flexibility index (Phi) is 8.13. The van der Waals surface area contributed by atoms with Crippen molar-refractivity contribution in [2.75, 3.05) is 44.4 Å². The summed E-state index contributed by atoms with van der Waals surface area (Å²) in [6, 6.07) is 21.3. The maximum atomic E-state index is 13.7. The van der Waals surface area contributed by atoms with Crippen LogP contribution >= 0.6 is 0 Å². The van der Waals surface area contributed by atoms with Crippen molar-refractivity contribution in [2.24, 2.45) is 0 Å². The van der Waals surface area contributed by atoms with Gasteiger partial charge < -0.3 is 18.9 Å². The third kappa shape index (κ3) is 5.67. The molecule has 0 aliphatic carbocycles. The summed E-state index contributed by atoms with van der Waals surface area (Å²) in [5.74, 6) is 0.690. The molecule has 0 spiro atoms. The van der Waals surface area contributed by atoms with Crippen LogP contribution in [0.2, 0.25) is 0 Å². The first-order chi connectivity index (χ1) is 21.1. The third-order valence-electron chi connectivity index (χ3n) is 8.39. The molecule has 1 fully saturated rings.